The van der Waals surface area contributed by atoms with Crippen LogP contribution in [0, 0.1) is 22.2 Å². The molecule has 0 rings (SSSR count). The van der Waals surface area contributed by atoms with Gasteiger partial charge in [0, 0.05) is 0 Å². The molecule has 0 fully saturated rings. The molecule has 0 spiro atoms. The molecule has 0 aromatic rings. The van der Waals surface area contributed by atoms with Gasteiger partial charge in [-0.1, -0.05) is 48.5 Å². The maximum Gasteiger partial charge on any atom is 0.319 e. The second-order valence-corrected chi connectivity index (χ2v) is 9.00. The molecule has 0 aromatic carbocycles. The van der Waals surface area contributed by atoms with Crippen LogP contribution in [0.5, 0.6) is 0 Å². The van der Waals surface area contributed by atoms with E-state index in [2.05, 4.69) is 41.5 Å². The summed E-state index contributed by atoms with van der Waals surface area (Å²) < 4.78 is 5.09. The quantitative estimate of drug-likeness (QED) is 0.560. The van der Waals surface area contributed by atoms with Crippen molar-refractivity contribution in [3.63, 3.8) is 0 Å². The molecule has 0 saturated heterocycles. The van der Waals surface area contributed by atoms with Gasteiger partial charge in [0.2, 0.25) is 0 Å². The van der Waals surface area contributed by atoms with E-state index < -0.39 is 17.4 Å². The lowest BCUT2D eigenvalue weighted by molar-refractivity contribution is -0.170. The highest BCUT2D eigenvalue weighted by Gasteiger charge is 2.36. The first-order valence-electron chi connectivity index (χ1n) is 7.40. The smallest absolute Gasteiger partial charge is 0.319 e. The van der Waals surface area contributed by atoms with Crippen LogP contribution in [0.3, 0.4) is 0 Å². The molecule has 0 amide bonds. The maximum absolute atomic E-state index is 12.2. The molecule has 0 N–H and O–H groups in total. The van der Waals surface area contributed by atoms with Crippen molar-refractivity contribution in [2.24, 2.45) is 22.2 Å². The van der Waals surface area contributed by atoms with Crippen molar-refractivity contribution >= 4 is 11.9 Å². The van der Waals surface area contributed by atoms with E-state index >= 15 is 0 Å². The van der Waals surface area contributed by atoms with Crippen molar-refractivity contribution < 1.29 is 14.3 Å². The molecular formula is C17H32O3. The Morgan fingerprint density at radius 2 is 1.35 bits per heavy atom. The van der Waals surface area contributed by atoms with E-state index in [1.807, 2.05) is 20.8 Å². The Balaban J connectivity index is 4.64. The standard InChI is InChI=1S/C17H32O3/c1-12(10-15(2,3)4)13(18)20-14(19)17(8,9)11-16(5,6)7/h12H,10-11H2,1-9H3. The third-order valence-corrected chi connectivity index (χ3v) is 3.04. The number of carbonyl (C=O) groups is 2. The molecule has 1 unspecified atom stereocenters. The number of hydrogen-bond acceptors (Lipinski definition) is 3. The highest BCUT2D eigenvalue weighted by atomic mass is 16.6. The van der Waals surface area contributed by atoms with Gasteiger partial charge in [0.05, 0.1) is 11.3 Å². The fourth-order valence-electron chi connectivity index (χ4n) is 2.73. The average molecular weight is 284 g/mol. The highest BCUT2D eigenvalue weighted by molar-refractivity contribution is 5.89. The third-order valence-electron chi connectivity index (χ3n) is 3.04. The van der Waals surface area contributed by atoms with Gasteiger partial charge in [-0.15, -0.1) is 0 Å². The molecule has 3 nitrogen and oxygen atoms in total. The molecule has 0 heterocycles. The summed E-state index contributed by atoms with van der Waals surface area (Å²) in [7, 11) is 0. The van der Waals surface area contributed by atoms with Crippen LogP contribution in [0.2, 0.25) is 0 Å². The van der Waals surface area contributed by atoms with Gasteiger partial charge in [0.15, 0.2) is 0 Å². The molecule has 3 heteroatoms. The first-order chi connectivity index (χ1) is 8.64. The fraction of sp³-hybridized carbons (Fsp3) is 0.882. The molecule has 0 aliphatic carbocycles. The molecule has 1 atom stereocenters. The Bertz CT molecular complexity index is 353. The number of carbonyl (C=O) groups excluding carboxylic acids is 2. The van der Waals surface area contributed by atoms with Gasteiger partial charge in [0.1, 0.15) is 0 Å². The van der Waals surface area contributed by atoms with E-state index in [0.717, 1.165) is 0 Å². The molecule has 118 valence electrons. The van der Waals surface area contributed by atoms with E-state index in [4.69, 9.17) is 4.74 Å². The molecule has 0 aromatic heterocycles. The van der Waals surface area contributed by atoms with E-state index in [-0.39, 0.29) is 16.7 Å². The number of ether oxygens (including phenoxy) is 1. The van der Waals surface area contributed by atoms with Gasteiger partial charge < -0.3 is 4.74 Å². The van der Waals surface area contributed by atoms with Gasteiger partial charge in [0.25, 0.3) is 0 Å². The first-order valence-corrected chi connectivity index (χ1v) is 7.40. The van der Waals surface area contributed by atoms with Crippen LogP contribution >= 0.6 is 0 Å². The molecular weight excluding hydrogens is 252 g/mol. The first kappa shape index (κ1) is 19.1. The summed E-state index contributed by atoms with van der Waals surface area (Å²) in [6, 6.07) is 0. The van der Waals surface area contributed by atoms with Gasteiger partial charge in [-0.2, -0.15) is 0 Å². The maximum atomic E-state index is 12.2. The monoisotopic (exact) mass is 284 g/mol. The predicted octanol–water partition coefficient (Wildman–Crippen LogP) is 4.59. The van der Waals surface area contributed by atoms with Gasteiger partial charge in [-0.05, 0) is 37.5 Å². The van der Waals surface area contributed by atoms with Crippen molar-refractivity contribution in [3.8, 4) is 0 Å². The van der Waals surface area contributed by atoms with Crippen molar-refractivity contribution in [1.82, 2.24) is 0 Å². The number of hydrogen-bond donors (Lipinski definition) is 0. The average Bonchev–Trinajstić information content (AvgIpc) is 2.10. The fourth-order valence-corrected chi connectivity index (χ4v) is 2.73. The molecule has 0 bridgehead atoms. The Kier molecular flexibility index (Phi) is 6.01. The van der Waals surface area contributed by atoms with Gasteiger partial charge in [-0.25, -0.2) is 0 Å². The molecule has 0 aliphatic rings. The summed E-state index contributed by atoms with van der Waals surface area (Å²) in [5.41, 5.74) is -0.583. The zero-order chi connectivity index (χ0) is 16.4. The molecule has 20 heavy (non-hydrogen) atoms. The van der Waals surface area contributed by atoms with E-state index in [1.165, 1.54) is 0 Å². The van der Waals surface area contributed by atoms with Gasteiger partial charge >= 0.3 is 11.9 Å². The van der Waals surface area contributed by atoms with Crippen LogP contribution in [0.4, 0.5) is 0 Å². The van der Waals surface area contributed by atoms with E-state index in [0.29, 0.717) is 12.8 Å². The SMILES string of the molecule is CC(CC(C)(C)C)C(=O)OC(=O)C(C)(C)CC(C)(C)C. The molecule has 0 aliphatic heterocycles. The zero-order valence-corrected chi connectivity index (χ0v) is 14.7. The third kappa shape index (κ3) is 7.66. The Hall–Kier alpha value is -0.860. The van der Waals surface area contributed by atoms with E-state index in [1.54, 1.807) is 0 Å². The normalized spacial score (nSPS) is 14.8. The number of rotatable bonds is 4. The summed E-state index contributed by atoms with van der Waals surface area (Å²) in [5.74, 6) is -1.09. The van der Waals surface area contributed by atoms with Gasteiger partial charge in [-0.3, -0.25) is 9.59 Å². The minimum absolute atomic E-state index is 0.0165. The highest BCUT2D eigenvalue weighted by Crippen LogP contribution is 2.34. The second-order valence-electron chi connectivity index (χ2n) is 9.00. The minimum atomic E-state index is -0.643. The largest absolute Gasteiger partial charge is 0.393 e. The Morgan fingerprint density at radius 3 is 1.70 bits per heavy atom. The molecule has 0 saturated carbocycles. The van der Waals surface area contributed by atoms with Crippen molar-refractivity contribution in [3.05, 3.63) is 0 Å². The zero-order valence-electron chi connectivity index (χ0n) is 14.7. The van der Waals surface area contributed by atoms with Crippen LogP contribution in [-0.2, 0) is 14.3 Å². The minimum Gasteiger partial charge on any atom is -0.393 e. The van der Waals surface area contributed by atoms with Crippen LogP contribution in [0.25, 0.3) is 0 Å². The van der Waals surface area contributed by atoms with Crippen LogP contribution in [-0.4, -0.2) is 11.9 Å². The lowest BCUT2D eigenvalue weighted by atomic mass is 9.76. The Labute approximate surface area is 124 Å². The summed E-state index contributed by atoms with van der Waals surface area (Å²) in [5, 5.41) is 0. The van der Waals surface area contributed by atoms with Crippen LogP contribution in [0.1, 0.15) is 75.2 Å². The van der Waals surface area contributed by atoms with Crippen molar-refractivity contribution in [1.29, 1.82) is 0 Å². The lowest BCUT2D eigenvalue weighted by Gasteiger charge is -2.30. The second kappa shape index (κ2) is 6.28. The topological polar surface area (TPSA) is 43.4 Å². The van der Waals surface area contributed by atoms with Crippen LogP contribution < -0.4 is 0 Å². The van der Waals surface area contributed by atoms with E-state index in [9.17, 15) is 9.59 Å². The molecule has 0 radical (unpaired) electrons. The summed E-state index contributed by atoms with van der Waals surface area (Å²) in [4.78, 5) is 24.2. The van der Waals surface area contributed by atoms with Crippen molar-refractivity contribution in [2.75, 3.05) is 0 Å². The van der Waals surface area contributed by atoms with Crippen molar-refractivity contribution in [2.45, 2.75) is 75.2 Å². The summed E-state index contributed by atoms with van der Waals surface area (Å²) in [6.45, 7) is 17.9. The summed E-state index contributed by atoms with van der Waals surface area (Å²) >= 11 is 0. The predicted molar refractivity (Wildman–Crippen MR) is 82.2 cm³/mol. The number of esters is 2. The van der Waals surface area contributed by atoms with Crippen LogP contribution in [0.15, 0.2) is 0 Å². The lowest BCUT2D eigenvalue weighted by Crippen LogP contribution is -2.34. The summed E-state index contributed by atoms with van der Waals surface area (Å²) in [6.07, 6.45) is 1.39. The Morgan fingerprint density at radius 1 is 0.900 bits per heavy atom.